The van der Waals surface area contributed by atoms with Crippen molar-refractivity contribution in [3.63, 3.8) is 0 Å². The minimum absolute atomic E-state index is 1.15. The number of benzene rings is 10. The van der Waals surface area contributed by atoms with Gasteiger partial charge in [0.15, 0.2) is 0 Å². The van der Waals surface area contributed by atoms with Gasteiger partial charge in [-0.15, -0.1) is 0 Å². The third-order valence-electron chi connectivity index (χ3n) is 12.3. The summed E-state index contributed by atoms with van der Waals surface area (Å²) in [4.78, 5) is 2.48. The lowest BCUT2D eigenvalue weighted by Gasteiger charge is -2.31. The van der Waals surface area contributed by atoms with Crippen molar-refractivity contribution in [1.29, 1.82) is 0 Å². The van der Waals surface area contributed by atoms with E-state index in [0.717, 1.165) is 5.69 Å². The molecule has 10 aromatic rings. The maximum atomic E-state index is 2.48. The number of rotatable bonds is 6. The third kappa shape index (κ3) is 5.39. The zero-order valence-corrected chi connectivity index (χ0v) is 32.9. The molecule has 1 heteroatoms. The van der Waals surface area contributed by atoms with Crippen molar-refractivity contribution >= 4 is 49.4 Å². The highest BCUT2D eigenvalue weighted by atomic mass is 15.1. The molecule has 274 valence electrons. The van der Waals surface area contributed by atoms with Gasteiger partial charge in [0.2, 0.25) is 0 Å². The topological polar surface area (TPSA) is 3.24 Å². The van der Waals surface area contributed by atoms with Gasteiger partial charge >= 0.3 is 0 Å². The Labute approximate surface area is 340 Å². The number of para-hydroxylation sites is 1. The van der Waals surface area contributed by atoms with Crippen molar-refractivity contribution in [3.8, 4) is 55.6 Å². The van der Waals surface area contributed by atoms with Crippen LogP contribution in [0.25, 0.3) is 88.0 Å². The molecule has 0 radical (unpaired) electrons. The fraction of sp³-hybridized carbons (Fsp3) is 0.0526. The first-order valence-electron chi connectivity index (χ1n) is 20.3. The number of nitrogens with zero attached hydrogens (tertiary/aromatic N) is 1. The van der Waals surface area contributed by atoms with Crippen LogP contribution < -0.4 is 4.90 Å². The highest BCUT2D eigenvalue weighted by Crippen LogP contribution is 2.54. The molecule has 0 saturated carbocycles. The van der Waals surface area contributed by atoms with Gasteiger partial charge in [-0.3, -0.25) is 0 Å². The van der Waals surface area contributed by atoms with Crippen molar-refractivity contribution in [2.45, 2.75) is 20.8 Å². The van der Waals surface area contributed by atoms with Gasteiger partial charge in [-0.1, -0.05) is 152 Å². The van der Waals surface area contributed by atoms with Gasteiger partial charge in [0, 0.05) is 11.4 Å². The van der Waals surface area contributed by atoms with Crippen LogP contribution in [-0.2, 0) is 0 Å². The average molecular weight is 740 g/mol. The van der Waals surface area contributed by atoms with Gasteiger partial charge in [0.1, 0.15) is 0 Å². The molecular formula is C57H41N. The summed E-state index contributed by atoms with van der Waals surface area (Å²) in [6, 6.07) is 71.8. The van der Waals surface area contributed by atoms with E-state index in [1.807, 2.05) is 0 Å². The van der Waals surface area contributed by atoms with Crippen LogP contribution in [0.2, 0.25) is 0 Å². The monoisotopic (exact) mass is 739 g/mol. The lowest BCUT2D eigenvalue weighted by Crippen LogP contribution is -2.14. The fourth-order valence-electron chi connectivity index (χ4n) is 9.51. The Kier molecular flexibility index (Phi) is 7.91. The Bertz CT molecular complexity index is 3210. The highest BCUT2D eigenvalue weighted by Gasteiger charge is 2.27. The molecule has 0 aliphatic heterocycles. The van der Waals surface area contributed by atoms with Crippen molar-refractivity contribution in [2.75, 3.05) is 4.90 Å². The number of hydrogen-bond donors (Lipinski definition) is 0. The molecule has 0 heterocycles. The Balaban J connectivity index is 1.12. The van der Waals surface area contributed by atoms with E-state index in [9.17, 15) is 0 Å². The molecule has 0 saturated heterocycles. The standard InChI is InChI=1S/C57H41N/c1-36-26-27-43(39-18-7-4-8-19-39)33-54(36)58(57-37(2)16-15-17-38(57)3)45-29-28-42-31-48-49(32-44(42)30-45)51-35-53-52(34-50(48)51)55(40-20-9-5-10-21-40)46-24-13-14-25-47(46)56(53)41-22-11-6-12-23-41/h4-35H,1-3H3. The van der Waals surface area contributed by atoms with Gasteiger partial charge in [0.25, 0.3) is 0 Å². The molecule has 0 bridgehead atoms. The lowest BCUT2D eigenvalue weighted by molar-refractivity contribution is 1.20. The van der Waals surface area contributed by atoms with Crippen LogP contribution in [0.1, 0.15) is 16.7 Å². The number of aryl methyl sites for hydroxylation is 3. The van der Waals surface area contributed by atoms with E-state index in [4.69, 9.17) is 0 Å². The van der Waals surface area contributed by atoms with Crippen LogP contribution in [0, 0.1) is 20.8 Å². The molecule has 10 aromatic carbocycles. The quantitative estimate of drug-likeness (QED) is 0.154. The Hall–Kier alpha value is -7.22. The smallest absolute Gasteiger partial charge is 0.0520 e. The van der Waals surface area contributed by atoms with Gasteiger partial charge < -0.3 is 4.90 Å². The largest absolute Gasteiger partial charge is 0.310 e. The van der Waals surface area contributed by atoms with E-state index < -0.39 is 0 Å². The summed E-state index contributed by atoms with van der Waals surface area (Å²) in [5, 5.41) is 7.63. The first kappa shape index (κ1) is 34.1. The normalized spacial score (nSPS) is 11.7. The van der Waals surface area contributed by atoms with E-state index in [0.29, 0.717) is 0 Å². The second kappa shape index (κ2) is 13.5. The van der Waals surface area contributed by atoms with E-state index in [1.165, 1.54) is 116 Å². The van der Waals surface area contributed by atoms with E-state index in [1.54, 1.807) is 0 Å². The first-order chi connectivity index (χ1) is 28.5. The van der Waals surface area contributed by atoms with Crippen LogP contribution in [-0.4, -0.2) is 0 Å². The number of hydrogen-bond acceptors (Lipinski definition) is 1. The second-order valence-corrected chi connectivity index (χ2v) is 15.8. The molecule has 0 aromatic heterocycles. The Morgan fingerprint density at radius 3 is 1.38 bits per heavy atom. The summed E-state index contributed by atoms with van der Waals surface area (Å²) < 4.78 is 0. The molecule has 0 amide bonds. The van der Waals surface area contributed by atoms with Crippen molar-refractivity contribution in [2.24, 2.45) is 0 Å². The molecule has 1 nitrogen and oxygen atoms in total. The molecular weight excluding hydrogens is 699 g/mol. The summed E-state index contributed by atoms with van der Waals surface area (Å²) in [6.45, 7) is 6.69. The summed E-state index contributed by atoms with van der Waals surface area (Å²) >= 11 is 0. The predicted molar refractivity (Wildman–Crippen MR) is 249 cm³/mol. The van der Waals surface area contributed by atoms with E-state index >= 15 is 0 Å². The van der Waals surface area contributed by atoms with Crippen LogP contribution in [0.5, 0.6) is 0 Å². The number of fused-ring (bicyclic) bond motifs is 7. The third-order valence-corrected chi connectivity index (χ3v) is 12.3. The minimum atomic E-state index is 1.15. The SMILES string of the molecule is Cc1ccc(-c2ccccc2)cc1N(c1ccc2cc3c(cc2c1)-c1cc2c(-c4ccccc4)c4ccccc4c(-c4ccccc4)c2cc1-3)c1c(C)cccc1C. The van der Waals surface area contributed by atoms with Gasteiger partial charge in [-0.05, 0) is 168 Å². The fourth-order valence-corrected chi connectivity index (χ4v) is 9.51. The number of anilines is 3. The Morgan fingerprint density at radius 1 is 0.310 bits per heavy atom. The van der Waals surface area contributed by atoms with Crippen LogP contribution in [0.3, 0.4) is 0 Å². The van der Waals surface area contributed by atoms with Crippen LogP contribution in [0.4, 0.5) is 17.1 Å². The zero-order chi connectivity index (χ0) is 38.9. The van der Waals surface area contributed by atoms with Crippen molar-refractivity contribution < 1.29 is 0 Å². The van der Waals surface area contributed by atoms with Gasteiger partial charge in [-0.2, -0.15) is 0 Å². The summed E-state index contributed by atoms with van der Waals surface area (Å²) in [5.74, 6) is 0. The second-order valence-electron chi connectivity index (χ2n) is 15.8. The molecule has 0 N–H and O–H groups in total. The van der Waals surface area contributed by atoms with Crippen LogP contribution in [0.15, 0.2) is 194 Å². The first-order valence-corrected chi connectivity index (χ1v) is 20.3. The molecule has 0 atom stereocenters. The molecule has 11 rings (SSSR count). The molecule has 1 aliphatic rings. The summed E-state index contributed by atoms with van der Waals surface area (Å²) in [7, 11) is 0. The van der Waals surface area contributed by atoms with Crippen molar-refractivity contribution in [1.82, 2.24) is 0 Å². The van der Waals surface area contributed by atoms with Gasteiger partial charge in [0.05, 0.1) is 5.69 Å². The maximum absolute atomic E-state index is 2.48. The Morgan fingerprint density at radius 2 is 0.810 bits per heavy atom. The maximum Gasteiger partial charge on any atom is 0.0520 e. The van der Waals surface area contributed by atoms with Crippen LogP contribution >= 0.6 is 0 Å². The van der Waals surface area contributed by atoms with Gasteiger partial charge in [-0.25, -0.2) is 0 Å². The van der Waals surface area contributed by atoms with E-state index in [2.05, 4.69) is 220 Å². The molecule has 58 heavy (non-hydrogen) atoms. The summed E-state index contributed by atoms with van der Waals surface area (Å²) in [6.07, 6.45) is 0. The molecule has 0 fully saturated rings. The van der Waals surface area contributed by atoms with Crippen molar-refractivity contribution in [3.05, 3.63) is 211 Å². The minimum Gasteiger partial charge on any atom is -0.310 e. The highest BCUT2D eigenvalue weighted by molar-refractivity contribution is 6.25. The predicted octanol–water partition coefficient (Wildman–Crippen LogP) is 16.2. The summed E-state index contributed by atoms with van der Waals surface area (Å²) in [5.41, 5.74) is 20.1. The van der Waals surface area contributed by atoms with E-state index in [-0.39, 0.29) is 0 Å². The molecule has 0 spiro atoms. The molecule has 0 unspecified atom stereocenters. The average Bonchev–Trinajstić information content (AvgIpc) is 3.27. The molecule has 1 aliphatic carbocycles. The lowest BCUT2D eigenvalue weighted by atomic mass is 9.75. The zero-order valence-electron chi connectivity index (χ0n) is 32.9.